The molecule has 10 heteroatoms. The van der Waals surface area contributed by atoms with E-state index in [1.54, 1.807) is 18.2 Å². The molecule has 4 N–H and O–H groups in total. The zero-order chi connectivity index (χ0) is 34.3. The molecule has 1 saturated heterocycles. The summed E-state index contributed by atoms with van der Waals surface area (Å²) >= 11 is 1.54. The Bertz CT molecular complexity index is 1220. The van der Waals surface area contributed by atoms with Crippen LogP contribution in [0.3, 0.4) is 0 Å². The van der Waals surface area contributed by atoms with Crippen molar-refractivity contribution >= 4 is 41.2 Å². The molecule has 1 fully saturated rings. The molecule has 1 aromatic rings. The largest absolute Gasteiger partial charge is 0.507 e. The molecule has 1 aliphatic carbocycles. The number of aliphatic hydroxyl groups excluding tert-OH is 1. The molecule has 0 radical (unpaired) electrons. The molecule has 2 atom stereocenters. The molecule has 1 spiro atoms. The molecular weight excluding hydrogens is 616 g/mol. The van der Waals surface area contributed by atoms with Crippen LogP contribution in [0, 0.1) is 11.3 Å². The first kappa shape index (κ1) is 38.7. The Morgan fingerprint density at radius 1 is 0.979 bits per heavy atom. The van der Waals surface area contributed by atoms with E-state index in [1.807, 2.05) is 20.8 Å². The summed E-state index contributed by atoms with van der Waals surface area (Å²) in [6, 6.07) is 5.03. The van der Waals surface area contributed by atoms with E-state index < -0.39 is 29.0 Å². The van der Waals surface area contributed by atoms with Crippen LogP contribution < -0.4 is 10.6 Å². The molecular formula is C37H58N2O7S. The monoisotopic (exact) mass is 674 g/mol. The Morgan fingerprint density at radius 2 is 1.64 bits per heavy atom. The van der Waals surface area contributed by atoms with Gasteiger partial charge in [-0.1, -0.05) is 110 Å². The fraction of sp³-hybridized carbons (Fsp3) is 0.703. The lowest BCUT2D eigenvalue weighted by atomic mass is 9.60. The van der Waals surface area contributed by atoms with E-state index in [0.717, 1.165) is 32.1 Å². The van der Waals surface area contributed by atoms with Crippen LogP contribution in [0.5, 0.6) is 0 Å². The lowest BCUT2D eigenvalue weighted by Gasteiger charge is -2.50. The summed E-state index contributed by atoms with van der Waals surface area (Å²) in [6.07, 6.45) is 12.4. The molecule has 0 aromatic heterocycles. The van der Waals surface area contributed by atoms with E-state index in [9.17, 15) is 24.6 Å². The minimum atomic E-state index is -1.53. The fourth-order valence-corrected chi connectivity index (χ4v) is 7.97. The van der Waals surface area contributed by atoms with Gasteiger partial charge in [0.1, 0.15) is 16.8 Å². The van der Waals surface area contributed by atoms with Crippen LogP contribution in [0.1, 0.15) is 129 Å². The van der Waals surface area contributed by atoms with Crippen molar-refractivity contribution in [2.24, 2.45) is 11.3 Å². The Morgan fingerprint density at radius 3 is 2.28 bits per heavy atom. The van der Waals surface area contributed by atoms with E-state index in [0.29, 0.717) is 42.0 Å². The minimum absolute atomic E-state index is 0.105. The summed E-state index contributed by atoms with van der Waals surface area (Å²) in [6.45, 7) is 9.04. The molecule has 1 aromatic carbocycles. The first-order valence-corrected chi connectivity index (χ1v) is 19.0. The molecule has 1 aliphatic heterocycles. The van der Waals surface area contributed by atoms with Gasteiger partial charge in [0.25, 0.3) is 5.91 Å². The highest BCUT2D eigenvalue weighted by Gasteiger charge is 2.62. The number of carbonyl (C=O) groups excluding carboxylic acids is 2. The number of fused-ring (bicyclic) bond motifs is 2. The van der Waals surface area contributed by atoms with Crippen LogP contribution in [0.15, 0.2) is 23.8 Å². The third-order valence-electron chi connectivity index (χ3n) is 9.37. The minimum Gasteiger partial charge on any atom is -0.507 e. The van der Waals surface area contributed by atoms with Crippen molar-refractivity contribution in [3.05, 3.63) is 34.9 Å². The summed E-state index contributed by atoms with van der Waals surface area (Å²) in [4.78, 5) is 40.3. The van der Waals surface area contributed by atoms with Gasteiger partial charge in [-0.15, -0.1) is 0 Å². The van der Waals surface area contributed by atoms with Gasteiger partial charge in [0.05, 0.1) is 24.5 Å². The molecule has 2 unspecified atom stereocenters. The van der Waals surface area contributed by atoms with E-state index in [2.05, 4.69) is 17.6 Å². The summed E-state index contributed by atoms with van der Waals surface area (Å²) < 4.78 is 12.2. The number of anilines is 1. The smallest absolute Gasteiger partial charge is 0.411 e. The van der Waals surface area contributed by atoms with Gasteiger partial charge >= 0.3 is 12.1 Å². The number of aliphatic hydroxyl groups is 1. The number of benzene rings is 1. The maximum absolute atomic E-state index is 13.7. The number of ether oxygens (including phenoxy) is 2. The molecule has 9 nitrogen and oxygen atoms in total. The number of carboxylic acid groups (broad SMARTS) is 1. The molecule has 0 saturated carbocycles. The van der Waals surface area contributed by atoms with Crippen LogP contribution in [0.25, 0.3) is 5.76 Å². The van der Waals surface area contributed by atoms with Crippen LogP contribution in [-0.2, 0) is 24.7 Å². The maximum Gasteiger partial charge on any atom is 0.411 e. The molecule has 3 rings (SSSR count). The van der Waals surface area contributed by atoms with E-state index >= 15 is 0 Å². The number of aliphatic carboxylic acids is 1. The zero-order valence-electron chi connectivity index (χ0n) is 29.1. The third-order valence-corrected chi connectivity index (χ3v) is 10.5. The van der Waals surface area contributed by atoms with Crippen LogP contribution in [0.2, 0.25) is 0 Å². The van der Waals surface area contributed by atoms with Gasteiger partial charge in [-0.25, -0.2) is 4.79 Å². The van der Waals surface area contributed by atoms with E-state index in [4.69, 9.17) is 9.47 Å². The van der Waals surface area contributed by atoms with Gasteiger partial charge in [0.2, 0.25) is 0 Å². The third kappa shape index (κ3) is 9.91. The quantitative estimate of drug-likeness (QED) is 0.107. The predicted octanol–water partition coefficient (Wildman–Crippen LogP) is 8.82. The molecule has 0 bridgehead atoms. The van der Waals surface area contributed by atoms with E-state index in [-0.39, 0.29) is 42.6 Å². The van der Waals surface area contributed by atoms with Crippen LogP contribution >= 0.6 is 11.8 Å². The van der Waals surface area contributed by atoms with Crippen molar-refractivity contribution < 1.29 is 34.1 Å². The first-order valence-electron chi connectivity index (χ1n) is 17.9. The lowest BCUT2D eigenvalue weighted by molar-refractivity contribution is -0.180. The fourth-order valence-electron chi connectivity index (χ4n) is 6.77. The highest BCUT2D eigenvalue weighted by molar-refractivity contribution is 7.99. The maximum atomic E-state index is 13.7. The van der Waals surface area contributed by atoms with Crippen molar-refractivity contribution in [2.45, 2.75) is 123 Å². The second-order valence-electron chi connectivity index (χ2n) is 13.5. The second kappa shape index (κ2) is 19.3. The second-order valence-corrected chi connectivity index (χ2v) is 14.6. The topological polar surface area (TPSA) is 134 Å². The Balaban J connectivity index is 2.03. The van der Waals surface area contributed by atoms with E-state index in [1.165, 1.54) is 50.3 Å². The highest BCUT2D eigenvalue weighted by Crippen LogP contribution is 2.59. The van der Waals surface area contributed by atoms with Crippen molar-refractivity contribution in [1.29, 1.82) is 0 Å². The van der Waals surface area contributed by atoms with Crippen LogP contribution in [-0.4, -0.2) is 59.4 Å². The normalized spacial score (nSPS) is 21.0. The summed E-state index contributed by atoms with van der Waals surface area (Å²) in [5.41, 5.74) is -1.86. The molecule has 47 heavy (non-hydrogen) atoms. The van der Waals surface area contributed by atoms with Crippen molar-refractivity contribution in [2.75, 3.05) is 36.6 Å². The zero-order valence-corrected chi connectivity index (χ0v) is 29.9. The highest BCUT2D eigenvalue weighted by atomic mass is 32.2. The first-order chi connectivity index (χ1) is 22.6. The van der Waals surface area contributed by atoms with Crippen molar-refractivity contribution in [3.63, 3.8) is 0 Å². The Labute approximate surface area is 286 Å². The number of hydrogen-bond donors (Lipinski definition) is 4. The van der Waals surface area contributed by atoms with Crippen molar-refractivity contribution in [3.8, 4) is 0 Å². The van der Waals surface area contributed by atoms with Gasteiger partial charge in [-0.3, -0.25) is 14.9 Å². The number of carboxylic acids is 1. The van der Waals surface area contributed by atoms with Gasteiger partial charge in [-0.2, -0.15) is 11.8 Å². The molecule has 1 heterocycles. The number of unbranched alkanes of at least 4 members (excludes halogenated alkanes) is 10. The number of amides is 2. The number of hydrogen-bond acceptors (Lipinski definition) is 7. The number of carbonyl (C=O) groups is 3. The standard InChI is InChI=1S/C37H58N2O7S/c1-5-7-9-10-11-12-13-14-15-16-20-36(34(42)43)26-47-23-22-46-37(36)24-29(33(41)38-21-8-6-2)32(40)28-18-17-19-30(31(28)37)39-35(44)45-25-27(3)4/h17-19,27,40H,5-16,20-26H2,1-4H3,(H,38,41)(H,39,44)(H,42,43). The van der Waals surface area contributed by atoms with Gasteiger partial charge < -0.3 is 25.0 Å². The Hall–Kier alpha value is -2.72. The van der Waals surface area contributed by atoms with Gasteiger partial charge in [0.15, 0.2) is 0 Å². The average Bonchev–Trinajstić information content (AvgIpc) is 3.23. The molecule has 264 valence electrons. The summed E-state index contributed by atoms with van der Waals surface area (Å²) in [5.74, 6) is -0.675. The number of thioether (sulfide) groups is 1. The van der Waals surface area contributed by atoms with Gasteiger partial charge in [-0.05, 0) is 24.8 Å². The van der Waals surface area contributed by atoms with Crippen molar-refractivity contribution in [1.82, 2.24) is 5.32 Å². The molecule has 2 amide bonds. The average molecular weight is 675 g/mol. The summed E-state index contributed by atoms with van der Waals surface area (Å²) in [7, 11) is 0. The SMILES string of the molecule is CCCCCCCCCCCCC1(C(=O)O)CSCCOC12CC(C(=O)NCCCC)=C(O)c1cccc(NC(=O)OCC(C)C)c12. The van der Waals surface area contributed by atoms with Gasteiger partial charge in [0, 0.05) is 35.6 Å². The lowest BCUT2D eigenvalue weighted by Crippen LogP contribution is -2.56. The van der Waals surface area contributed by atoms with Crippen LogP contribution in [0.4, 0.5) is 10.5 Å². The summed E-state index contributed by atoms with van der Waals surface area (Å²) in [5, 5.41) is 28.6. The number of nitrogens with one attached hydrogen (secondary N) is 2. The molecule has 2 aliphatic rings. The predicted molar refractivity (Wildman–Crippen MR) is 190 cm³/mol. The Kier molecular flexibility index (Phi) is 15.9. The number of rotatable bonds is 19.